The molecule has 0 unspecified atom stereocenters. The second-order valence-electron chi connectivity index (χ2n) is 5.63. The maximum Gasteiger partial charge on any atom is 0.182 e. The summed E-state index contributed by atoms with van der Waals surface area (Å²) < 4.78 is 1.86. The first-order chi connectivity index (χ1) is 11.2. The van der Waals surface area contributed by atoms with Crippen molar-refractivity contribution in [1.82, 2.24) is 19.7 Å². The molecule has 23 heavy (non-hydrogen) atoms. The largest absolute Gasteiger partial charge is 0.249 e. The van der Waals surface area contributed by atoms with Gasteiger partial charge in [-0.15, -0.1) is 0 Å². The van der Waals surface area contributed by atoms with Crippen molar-refractivity contribution in [3.05, 3.63) is 72.1 Å². The molecule has 0 bridgehead atoms. The molecule has 4 aromatic rings. The van der Waals surface area contributed by atoms with E-state index in [2.05, 4.69) is 41.3 Å². The highest BCUT2D eigenvalue weighted by atomic mass is 15.3. The fourth-order valence-corrected chi connectivity index (χ4v) is 2.64. The van der Waals surface area contributed by atoms with Gasteiger partial charge in [0.1, 0.15) is 5.52 Å². The van der Waals surface area contributed by atoms with Crippen LogP contribution < -0.4 is 0 Å². The lowest BCUT2D eigenvalue weighted by atomic mass is 10.1. The first-order valence-corrected chi connectivity index (χ1v) is 7.57. The fourth-order valence-electron chi connectivity index (χ4n) is 2.64. The van der Waals surface area contributed by atoms with Crippen molar-refractivity contribution >= 4 is 11.2 Å². The molecule has 0 saturated carbocycles. The van der Waals surface area contributed by atoms with Crippen LogP contribution >= 0.6 is 0 Å². The molecule has 4 nitrogen and oxygen atoms in total. The molecule has 4 rings (SSSR count). The molecule has 0 atom stereocenters. The smallest absolute Gasteiger partial charge is 0.182 e. The minimum atomic E-state index is 0.784. The van der Waals surface area contributed by atoms with Gasteiger partial charge in [0.15, 0.2) is 5.65 Å². The summed E-state index contributed by atoms with van der Waals surface area (Å²) in [6, 6.07) is 18.3. The number of aryl methyl sites for hydroxylation is 2. The van der Waals surface area contributed by atoms with Gasteiger partial charge in [0.2, 0.25) is 0 Å². The van der Waals surface area contributed by atoms with Crippen LogP contribution in [0.15, 0.2) is 60.8 Å². The Morgan fingerprint density at radius 3 is 2.35 bits per heavy atom. The number of rotatable bonds is 2. The van der Waals surface area contributed by atoms with E-state index in [-0.39, 0.29) is 0 Å². The van der Waals surface area contributed by atoms with Gasteiger partial charge in [-0.3, -0.25) is 0 Å². The fraction of sp³-hybridized carbons (Fsp3) is 0.105. The lowest BCUT2D eigenvalue weighted by molar-refractivity contribution is 0.878. The molecule has 112 valence electrons. The van der Waals surface area contributed by atoms with Crippen LogP contribution in [0.2, 0.25) is 0 Å². The number of nitrogens with zero attached hydrogens (tertiary/aromatic N) is 4. The van der Waals surface area contributed by atoms with Gasteiger partial charge in [0.05, 0.1) is 23.3 Å². The van der Waals surface area contributed by atoms with E-state index in [1.807, 2.05) is 48.1 Å². The van der Waals surface area contributed by atoms with Crippen molar-refractivity contribution < 1.29 is 0 Å². The summed E-state index contributed by atoms with van der Waals surface area (Å²) in [5, 5.41) is 4.60. The molecule has 0 saturated heterocycles. The number of para-hydroxylation sites is 1. The first kappa shape index (κ1) is 13.6. The summed E-state index contributed by atoms with van der Waals surface area (Å²) in [7, 11) is 0. The molecular formula is C19H16N4. The number of hydrogen-bond acceptors (Lipinski definition) is 3. The Bertz CT molecular complexity index is 970. The molecule has 2 aromatic heterocycles. The summed E-state index contributed by atoms with van der Waals surface area (Å²) >= 11 is 0. The molecular weight excluding hydrogens is 284 g/mol. The maximum atomic E-state index is 4.81. The van der Waals surface area contributed by atoms with Crippen LogP contribution in [0.5, 0.6) is 0 Å². The van der Waals surface area contributed by atoms with Crippen molar-refractivity contribution in [2.75, 3.05) is 0 Å². The maximum absolute atomic E-state index is 4.81. The lowest BCUT2D eigenvalue weighted by Crippen LogP contribution is -1.98. The zero-order valence-corrected chi connectivity index (χ0v) is 13.1. The topological polar surface area (TPSA) is 43.6 Å². The number of hydrogen-bond donors (Lipinski definition) is 0. The molecule has 0 aliphatic heterocycles. The molecule has 0 radical (unpaired) electrons. The van der Waals surface area contributed by atoms with Gasteiger partial charge in [-0.25, -0.2) is 14.6 Å². The number of fused-ring (bicyclic) bond motifs is 1. The molecule has 0 N–H and O–H groups in total. The van der Waals surface area contributed by atoms with E-state index in [1.165, 1.54) is 5.56 Å². The Morgan fingerprint density at radius 2 is 1.61 bits per heavy atom. The van der Waals surface area contributed by atoms with Crippen LogP contribution in [0.1, 0.15) is 11.3 Å². The van der Waals surface area contributed by atoms with Crippen molar-refractivity contribution in [3.63, 3.8) is 0 Å². The predicted octanol–water partition coefficient (Wildman–Crippen LogP) is 4.10. The molecule has 0 spiro atoms. The minimum absolute atomic E-state index is 0.784. The SMILES string of the molecule is Cc1ccc(-c2cnc3c(C)nn(-c4ccccc4)c3n2)cc1. The Kier molecular flexibility index (Phi) is 3.15. The molecule has 0 aliphatic carbocycles. The van der Waals surface area contributed by atoms with E-state index in [0.717, 1.165) is 33.8 Å². The van der Waals surface area contributed by atoms with Gasteiger partial charge in [0.25, 0.3) is 0 Å². The zero-order chi connectivity index (χ0) is 15.8. The molecule has 2 aromatic carbocycles. The zero-order valence-electron chi connectivity index (χ0n) is 13.1. The molecule has 0 aliphatic rings. The Labute approximate surface area is 134 Å². The van der Waals surface area contributed by atoms with Gasteiger partial charge in [-0.2, -0.15) is 5.10 Å². The number of benzene rings is 2. The van der Waals surface area contributed by atoms with Crippen molar-refractivity contribution in [3.8, 4) is 16.9 Å². The Hall–Kier alpha value is -3.01. The van der Waals surface area contributed by atoms with Crippen LogP contribution in [0.25, 0.3) is 28.1 Å². The standard InChI is InChI=1S/C19H16N4/c1-13-8-10-15(11-9-13)17-12-20-18-14(2)22-23(19(18)21-17)16-6-4-3-5-7-16/h3-12H,1-2H3. The van der Waals surface area contributed by atoms with Gasteiger partial charge >= 0.3 is 0 Å². The third-order valence-corrected chi connectivity index (χ3v) is 3.90. The van der Waals surface area contributed by atoms with Crippen LogP contribution in [0.3, 0.4) is 0 Å². The third-order valence-electron chi connectivity index (χ3n) is 3.90. The highest BCUT2D eigenvalue weighted by Crippen LogP contribution is 2.23. The number of aromatic nitrogens is 4. The third kappa shape index (κ3) is 2.38. The van der Waals surface area contributed by atoms with E-state index >= 15 is 0 Å². The van der Waals surface area contributed by atoms with E-state index in [1.54, 1.807) is 0 Å². The second kappa shape index (κ2) is 5.32. The van der Waals surface area contributed by atoms with Crippen LogP contribution in [-0.4, -0.2) is 19.7 Å². The highest BCUT2D eigenvalue weighted by Gasteiger charge is 2.13. The first-order valence-electron chi connectivity index (χ1n) is 7.57. The van der Waals surface area contributed by atoms with E-state index in [4.69, 9.17) is 4.98 Å². The van der Waals surface area contributed by atoms with E-state index in [0.29, 0.717) is 0 Å². The molecule has 4 heteroatoms. The van der Waals surface area contributed by atoms with Gasteiger partial charge < -0.3 is 0 Å². The van der Waals surface area contributed by atoms with E-state index in [9.17, 15) is 0 Å². The van der Waals surface area contributed by atoms with Crippen LogP contribution in [0, 0.1) is 13.8 Å². The Balaban J connectivity index is 1.92. The predicted molar refractivity (Wildman–Crippen MR) is 91.6 cm³/mol. The average molecular weight is 300 g/mol. The second-order valence-corrected chi connectivity index (χ2v) is 5.63. The Morgan fingerprint density at radius 1 is 0.870 bits per heavy atom. The summed E-state index contributed by atoms with van der Waals surface area (Å²) in [6.45, 7) is 4.04. The summed E-state index contributed by atoms with van der Waals surface area (Å²) in [5.74, 6) is 0. The van der Waals surface area contributed by atoms with Crippen molar-refractivity contribution in [2.45, 2.75) is 13.8 Å². The van der Waals surface area contributed by atoms with Gasteiger partial charge in [-0.1, -0.05) is 48.0 Å². The van der Waals surface area contributed by atoms with Gasteiger partial charge in [-0.05, 0) is 26.0 Å². The van der Waals surface area contributed by atoms with Gasteiger partial charge in [0, 0.05) is 5.56 Å². The van der Waals surface area contributed by atoms with E-state index < -0.39 is 0 Å². The summed E-state index contributed by atoms with van der Waals surface area (Å²) in [6.07, 6.45) is 1.82. The summed E-state index contributed by atoms with van der Waals surface area (Å²) in [4.78, 5) is 9.39. The normalized spacial score (nSPS) is 11.0. The van der Waals surface area contributed by atoms with Crippen molar-refractivity contribution in [2.24, 2.45) is 0 Å². The molecule has 0 amide bonds. The average Bonchev–Trinajstić information content (AvgIpc) is 2.93. The lowest BCUT2D eigenvalue weighted by Gasteiger charge is -2.04. The van der Waals surface area contributed by atoms with Crippen LogP contribution in [-0.2, 0) is 0 Å². The summed E-state index contributed by atoms with van der Waals surface area (Å²) in [5.41, 5.74) is 6.63. The highest BCUT2D eigenvalue weighted by molar-refractivity contribution is 5.78. The molecule has 0 fully saturated rings. The minimum Gasteiger partial charge on any atom is -0.249 e. The monoisotopic (exact) mass is 300 g/mol. The van der Waals surface area contributed by atoms with Crippen molar-refractivity contribution in [1.29, 1.82) is 0 Å². The quantitative estimate of drug-likeness (QED) is 0.560. The molecule has 2 heterocycles. The van der Waals surface area contributed by atoms with Crippen LogP contribution in [0.4, 0.5) is 0 Å².